The molecule has 1 fully saturated rings. The lowest BCUT2D eigenvalue weighted by atomic mass is 10.1. The standard InChI is InChI=1S/C16H26N4O/c1-3-13(2)20-10-8-19(9-11-20)12-14-4-6-15(7-5-14)16(21)18-17/h4-7,13H,3,8-12,17H2,1-2H3,(H,18,21). The summed E-state index contributed by atoms with van der Waals surface area (Å²) in [6, 6.07) is 8.35. The maximum atomic E-state index is 11.4. The first-order chi connectivity index (χ1) is 10.1. The molecule has 21 heavy (non-hydrogen) atoms. The Kier molecular flexibility index (Phi) is 5.73. The summed E-state index contributed by atoms with van der Waals surface area (Å²) >= 11 is 0. The highest BCUT2D eigenvalue weighted by molar-refractivity contribution is 5.93. The average Bonchev–Trinajstić information content (AvgIpc) is 2.55. The van der Waals surface area contributed by atoms with Crippen LogP contribution < -0.4 is 11.3 Å². The maximum Gasteiger partial charge on any atom is 0.265 e. The van der Waals surface area contributed by atoms with Crippen LogP contribution in [0.15, 0.2) is 24.3 Å². The molecule has 2 rings (SSSR count). The Morgan fingerprint density at radius 1 is 1.24 bits per heavy atom. The first kappa shape index (κ1) is 15.9. The predicted octanol–water partition coefficient (Wildman–Crippen LogP) is 1.21. The Balaban J connectivity index is 1.85. The van der Waals surface area contributed by atoms with E-state index in [2.05, 4.69) is 29.1 Å². The van der Waals surface area contributed by atoms with Gasteiger partial charge in [-0.15, -0.1) is 0 Å². The smallest absolute Gasteiger partial charge is 0.265 e. The summed E-state index contributed by atoms with van der Waals surface area (Å²) in [6.07, 6.45) is 1.21. The number of hydrogen-bond acceptors (Lipinski definition) is 4. The normalized spacial score (nSPS) is 18.4. The lowest BCUT2D eigenvalue weighted by molar-refractivity contribution is 0.0952. The Bertz CT molecular complexity index is 452. The fourth-order valence-electron chi connectivity index (χ4n) is 2.72. The van der Waals surface area contributed by atoms with Crippen molar-refractivity contribution in [2.75, 3.05) is 26.2 Å². The fraction of sp³-hybridized carbons (Fsp3) is 0.562. The zero-order valence-electron chi connectivity index (χ0n) is 13.0. The minimum absolute atomic E-state index is 0.247. The van der Waals surface area contributed by atoms with E-state index < -0.39 is 0 Å². The molecule has 0 bridgehead atoms. The molecule has 0 aromatic heterocycles. The van der Waals surface area contributed by atoms with Crippen LogP contribution >= 0.6 is 0 Å². The summed E-state index contributed by atoms with van der Waals surface area (Å²) in [5, 5.41) is 0. The van der Waals surface area contributed by atoms with Crippen molar-refractivity contribution in [3.63, 3.8) is 0 Å². The predicted molar refractivity (Wildman–Crippen MR) is 84.7 cm³/mol. The van der Waals surface area contributed by atoms with Gasteiger partial charge in [-0.2, -0.15) is 0 Å². The number of hydrogen-bond donors (Lipinski definition) is 2. The van der Waals surface area contributed by atoms with Crippen LogP contribution in [0.3, 0.4) is 0 Å². The number of hydrazine groups is 1. The average molecular weight is 290 g/mol. The first-order valence-electron chi connectivity index (χ1n) is 7.70. The van der Waals surface area contributed by atoms with Crippen LogP contribution in [0, 0.1) is 0 Å². The molecule has 1 heterocycles. The largest absolute Gasteiger partial charge is 0.298 e. The first-order valence-corrected chi connectivity index (χ1v) is 7.70. The molecule has 1 aromatic rings. The number of piperazine rings is 1. The van der Waals surface area contributed by atoms with Crippen molar-refractivity contribution < 1.29 is 4.79 Å². The molecule has 1 aliphatic heterocycles. The summed E-state index contributed by atoms with van der Waals surface area (Å²) in [7, 11) is 0. The summed E-state index contributed by atoms with van der Waals surface area (Å²) < 4.78 is 0. The molecular formula is C16H26N4O. The van der Waals surface area contributed by atoms with E-state index in [-0.39, 0.29) is 5.91 Å². The van der Waals surface area contributed by atoms with E-state index in [0.717, 1.165) is 32.7 Å². The van der Waals surface area contributed by atoms with Crippen molar-refractivity contribution in [1.82, 2.24) is 15.2 Å². The van der Waals surface area contributed by atoms with E-state index in [9.17, 15) is 4.79 Å². The van der Waals surface area contributed by atoms with Gasteiger partial charge in [-0.1, -0.05) is 19.1 Å². The second-order valence-electron chi connectivity index (χ2n) is 5.74. The van der Waals surface area contributed by atoms with E-state index in [0.29, 0.717) is 11.6 Å². The zero-order valence-corrected chi connectivity index (χ0v) is 13.0. The number of nitrogens with one attached hydrogen (secondary N) is 1. The van der Waals surface area contributed by atoms with Gasteiger partial charge in [0.1, 0.15) is 0 Å². The quantitative estimate of drug-likeness (QED) is 0.486. The van der Waals surface area contributed by atoms with Gasteiger partial charge in [0.05, 0.1) is 0 Å². The number of nitrogens with two attached hydrogens (primary N) is 1. The Hall–Kier alpha value is -1.43. The molecule has 5 nitrogen and oxygen atoms in total. The number of carbonyl (C=O) groups is 1. The zero-order chi connectivity index (χ0) is 15.2. The van der Waals surface area contributed by atoms with Crippen LogP contribution in [-0.4, -0.2) is 47.9 Å². The molecule has 1 aliphatic rings. The molecule has 0 radical (unpaired) electrons. The maximum absolute atomic E-state index is 11.4. The Morgan fingerprint density at radius 2 is 1.86 bits per heavy atom. The molecule has 1 atom stereocenters. The van der Waals surface area contributed by atoms with Crippen LogP contribution in [0.2, 0.25) is 0 Å². The Labute approximate surface area is 127 Å². The van der Waals surface area contributed by atoms with Gasteiger partial charge in [0.25, 0.3) is 5.91 Å². The summed E-state index contributed by atoms with van der Waals surface area (Å²) in [4.78, 5) is 16.4. The summed E-state index contributed by atoms with van der Waals surface area (Å²) in [5.41, 5.74) is 3.98. The lowest BCUT2D eigenvalue weighted by Gasteiger charge is -2.37. The molecule has 3 N–H and O–H groups in total. The molecule has 116 valence electrons. The lowest BCUT2D eigenvalue weighted by Crippen LogP contribution is -2.48. The van der Waals surface area contributed by atoms with E-state index in [4.69, 9.17) is 5.84 Å². The van der Waals surface area contributed by atoms with E-state index in [1.54, 1.807) is 0 Å². The van der Waals surface area contributed by atoms with Gasteiger partial charge >= 0.3 is 0 Å². The van der Waals surface area contributed by atoms with Crippen molar-refractivity contribution in [3.05, 3.63) is 35.4 Å². The second kappa shape index (κ2) is 7.54. The van der Waals surface area contributed by atoms with Gasteiger partial charge in [0.15, 0.2) is 0 Å². The molecule has 5 heteroatoms. The molecule has 0 spiro atoms. The van der Waals surface area contributed by atoms with Gasteiger partial charge in [0.2, 0.25) is 0 Å². The Morgan fingerprint density at radius 3 is 2.38 bits per heavy atom. The number of nitrogens with zero attached hydrogens (tertiary/aromatic N) is 2. The molecule has 1 amide bonds. The molecule has 1 aromatic carbocycles. The van der Waals surface area contributed by atoms with Crippen LogP contribution in [0.25, 0.3) is 0 Å². The molecule has 1 saturated heterocycles. The van der Waals surface area contributed by atoms with E-state index in [1.807, 2.05) is 24.3 Å². The van der Waals surface area contributed by atoms with Gasteiger partial charge in [-0.05, 0) is 31.0 Å². The number of rotatable bonds is 5. The molecule has 0 saturated carbocycles. The topological polar surface area (TPSA) is 61.6 Å². The molecule has 0 aliphatic carbocycles. The third-order valence-corrected chi connectivity index (χ3v) is 4.37. The highest BCUT2D eigenvalue weighted by Gasteiger charge is 2.19. The fourth-order valence-corrected chi connectivity index (χ4v) is 2.72. The summed E-state index contributed by atoms with van der Waals surface area (Å²) in [6.45, 7) is 9.99. The van der Waals surface area contributed by atoms with E-state index >= 15 is 0 Å². The minimum Gasteiger partial charge on any atom is -0.298 e. The van der Waals surface area contributed by atoms with Gasteiger partial charge in [-0.3, -0.25) is 20.0 Å². The highest BCUT2D eigenvalue weighted by Crippen LogP contribution is 2.12. The van der Waals surface area contributed by atoms with Crippen molar-refractivity contribution in [3.8, 4) is 0 Å². The third kappa shape index (κ3) is 4.27. The van der Waals surface area contributed by atoms with Gasteiger partial charge in [-0.25, -0.2) is 5.84 Å². The van der Waals surface area contributed by atoms with Gasteiger partial charge < -0.3 is 0 Å². The highest BCUT2D eigenvalue weighted by atomic mass is 16.2. The van der Waals surface area contributed by atoms with Crippen molar-refractivity contribution in [1.29, 1.82) is 0 Å². The number of benzene rings is 1. The van der Waals surface area contributed by atoms with Crippen LogP contribution in [0.4, 0.5) is 0 Å². The van der Waals surface area contributed by atoms with Crippen LogP contribution in [0.5, 0.6) is 0 Å². The number of carbonyl (C=O) groups excluding carboxylic acids is 1. The number of amides is 1. The number of nitrogen functional groups attached to an aromatic ring is 1. The van der Waals surface area contributed by atoms with Crippen molar-refractivity contribution in [2.24, 2.45) is 5.84 Å². The van der Waals surface area contributed by atoms with Crippen LogP contribution in [-0.2, 0) is 6.54 Å². The molecular weight excluding hydrogens is 264 g/mol. The monoisotopic (exact) mass is 290 g/mol. The minimum atomic E-state index is -0.247. The van der Waals surface area contributed by atoms with Gasteiger partial charge in [0, 0.05) is 44.3 Å². The summed E-state index contributed by atoms with van der Waals surface area (Å²) in [5.74, 6) is 4.88. The third-order valence-electron chi connectivity index (χ3n) is 4.37. The SMILES string of the molecule is CCC(C)N1CCN(Cc2ccc(C(=O)NN)cc2)CC1. The molecule has 1 unspecified atom stereocenters. The van der Waals surface area contributed by atoms with Crippen molar-refractivity contribution >= 4 is 5.91 Å². The van der Waals surface area contributed by atoms with E-state index in [1.165, 1.54) is 12.0 Å². The van der Waals surface area contributed by atoms with Crippen LogP contribution in [0.1, 0.15) is 36.2 Å². The second-order valence-corrected chi connectivity index (χ2v) is 5.74. The van der Waals surface area contributed by atoms with Crippen molar-refractivity contribution in [2.45, 2.75) is 32.9 Å².